The summed E-state index contributed by atoms with van der Waals surface area (Å²) in [5.41, 5.74) is 5.72. The van der Waals surface area contributed by atoms with Crippen molar-refractivity contribution in [3.63, 3.8) is 0 Å². The molecule has 0 spiro atoms. The molecule has 0 aromatic heterocycles. The van der Waals surface area contributed by atoms with E-state index in [0.29, 0.717) is 12.0 Å². The second-order valence-electron chi connectivity index (χ2n) is 4.26. The monoisotopic (exact) mass is 184 g/mol. The zero-order chi connectivity index (χ0) is 10.0. The van der Waals surface area contributed by atoms with Gasteiger partial charge in [0.25, 0.3) is 0 Å². The molecule has 76 valence electrons. The molecule has 3 nitrogen and oxygen atoms in total. The van der Waals surface area contributed by atoms with Gasteiger partial charge in [0.2, 0.25) is 5.91 Å². The highest BCUT2D eigenvalue weighted by Gasteiger charge is 2.29. The molecule has 1 amide bonds. The Morgan fingerprint density at radius 1 is 1.46 bits per heavy atom. The first-order valence-corrected chi connectivity index (χ1v) is 5.10. The Bertz CT molecular complexity index is 191. The third-order valence-corrected chi connectivity index (χ3v) is 2.97. The summed E-state index contributed by atoms with van der Waals surface area (Å²) in [6.07, 6.45) is 1.89. The van der Waals surface area contributed by atoms with E-state index in [2.05, 4.69) is 20.8 Å². The Balaban J connectivity index is 2.62. The summed E-state index contributed by atoms with van der Waals surface area (Å²) < 4.78 is 0. The van der Waals surface area contributed by atoms with Crippen molar-refractivity contribution in [3.8, 4) is 0 Å². The van der Waals surface area contributed by atoms with Gasteiger partial charge in [-0.05, 0) is 25.7 Å². The summed E-state index contributed by atoms with van der Waals surface area (Å²) in [5, 5.41) is 0. The molecule has 0 bridgehead atoms. The van der Waals surface area contributed by atoms with Gasteiger partial charge in [-0.25, -0.2) is 0 Å². The van der Waals surface area contributed by atoms with Crippen LogP contribution < -0.4 is 5.73 Å². The van der Waals surface area contributed by atoms with Gasteiger partial charge in [-0.1, -0.05) is 13.8 Å². The molecule has 0 aliphatic carbocycles. The van der Waals surface area contributed by atoms with Crippen molar-refractivity contribution in [2.75, 3.05) is 6.54 Å². The zero-order valence-electron chi connectivity index (χ0n) is 8.79. The minimum absolute atomic E-state index is 0.132. The van der Waals surface area contributed by atoms with E-state index >= 15 is 0 Å². The lowest BCUT2D eigenvalue weighted by Gasteiger charge is -2.37. The van der Waals surface area contributed by atoms with Crippen molar-refractivity contribution in [1.82, 2.24) is 4.90 Å². The van der Waals surface area contributed by atoms with Gasteiger partial charge in [0.05, 0.1) is 6.04 Å². The first-order chi connectivity index (χ1) is 6.04. The van der Waals surface area contributed by atoms with Crippen LogP contribution in [0.5, 0.6) is 0 Å². The largest absolute Gasteiger partial charge is 0.338 e. The van der Waals surface area contributed by atoms with Crippen LogP contribution in [0.15, 0.2) is 0 Å². The predicted octanol–water partition coefficient (Wildman–Crippen LogP) is 0.981. The summed E-state index contributed by atoms with van der Waals surface area (Å²) in [5.74, 6) is 0.640. The fraction of sp³-hybridized carbons (Fsp3) is 0.900. The Hall–Kier alpha value is -0.570. The van der Waals surface area contributed by atoms with Gasteiger partial charge in [0.1, 0.15) is 0 Å². The van der Waals surface area contributed by atoms with Crippen molar-refractivity contribution in [2.24, 2.45) is 11.7 Å². The van der Waals surface area contributed by atoms with Gasteiger partial charge in [-0.3, -0.25) is 4.79 Å². The molecule has 0 aromatic carbocycles. The topological polar surface area (TPSA) is 46.3 Å². The fourth-order valence-electron chi connectivity index (χ4n) is 1.69. The zero-order valence-corrected chi connectivity index (χ0v) is 8.79. The number of likely N-dealkylation sites (tertiary alicyclic amines) is 1. The molecular formula is C10H20N2O. The van der Waals surface area contributed by atoms with Crippen LogP contribution in [0.25, 0.3) is 0 Å². The smallest absolute Gasteiger partial charge is 0.239 e. The number of rotatable bonds is 2. The van der Waals surface area contributed by atoms with Crippen LogP contribution in [0.4, 0.5) is 0 Å². The number of carbonyl (C=O) groups excluding carboxylic acids is 1. The second-order valence-corrected chi connectivity index (χ2v) is 4.26. The number of piperidine rings is 1. The summed E-state index contributed by atoms with van der Waals surface area (Å²) in [6, 6.07) is 0.0637. The Morgan fingerprint density at radius 3 is 2.62 bits per heavy atom. The second kappa shape index (κ2) is 4.09. The van der Waals surface area contributed by atoms with Gasteiger partial charge in [-0.2, -0.15) is 0 Å². The van der Waals surface area contributed by atoms with Crippen LogP contribution in [0.2, 0.25) is 0 Å². The van der Waals surface area contributed by atoms with Crippen LogP contribution in [-0.4, -0.2) is 29.4 Å². The van der Waals surface area contributed by atoms with E-state index in [4.69, 9.17) is 5.73 Å². The average Bonchev–Trinajstić information content (AvgIpc) is 2.08. The number of amides is 1. The van der Waals surface area contributed by atoms with Gasteiger partial charge >= 0.3 is 0 Å². The van der Waals surface area contributed by atoms with E-state index in [-0.39, 0.29) is 11.9 Å². The van der Waals surface area contributed by atoms with E-state index in [0.717, 1.165) is 19.4 Å². The van der Waals surface area contributed by atoms with E-state index in [1.807, 2.05) is 4.90 Å². The maximum atomic E-state index is 11.7. The molecule has 2 atom stereocenters. The molecule has 0 aromatic rings. The third-order valence-electron chi connectivity index (χ3n) is 2.97. The fourth-order valence-corrected chi connectivity index (χ4v) is 1.69. The van der Waals surface area contributed by atoms with E-state index in [1.165, 1.54) is 0 Å². The minimum atomic E-state index is -0.255. The average molecular weight is 184 g/mol. The third kappa shape index (κ3) is 2.21. The predicted molar refractivity (Wildman–Crippen MR) is 53.2 cm³/mol. The van der Waals surface area contributed by atoms with Crippen molar-refractivity contribution in [2.45, 2.75) is 45.7 Å². The minimum Gasteiger partial charge on any atom is -0.338 e. The molecule has 2 unspecified atom stereocenters. The highest BCUT2D eigenvalue weighted by molar-refractivity contribution is 5.82. The molecule has 1 heterocycles. The van der Waals surface area contributed by atoms with Gasteiger partial charge in [0, 0.05) is 12.6 Å². The summed E-state index contributed by atoms with van der Waals surface area (Å²) in [7, 11) is 0. The highest BCUT2D eigenvalue weighted by Crippen LogP contribution is 2.17. The van der Waals surface area contributed by atoms with Gasteiger partial charge < -0.3 is 10.6 Å². The van der Waals surface area contributed by atoms with Crippen LogP contribution in [-0.2, 0) is 4.79 Å². The number of hydrogen-bond acceptors (Lipinski definition) is 2. The normalized spacial score (nSPS) is 26.7. The first kappa shape index (κ1) is 10.5. The molecule has 1 fully saturated rings. The SMILES string of the molecule is CC(C)C(C)N1CCCC(N)C1=O. The van der Waals surface area contributed by atoms with Crippen molar-refractivity contribution in [3.05, 3.63) is 0 Å². The van der Waals surface area contributed by atoms with Crippen LogP contribution in [0, 0.1) is 5.92 Å². The number of nitrogens with zero attached hydrogens (tertiary/aromatic N) is 1. The Kier molecular flexibility index (Phi) is 3.31. The molecule has 2 N–H and O–H groups in total. The van der Waals surface area contributed by atoms with E-state index in [1.54, 1.807) is 0 Å². The number of hydrogen-bond donors (Lipinski definition) is 1. The van der Waals surface area contributed by atoms with Crippen LogP contribution in [0.3, 0.4) is 0 Å². The summed E-state index contributed by atoms with van der Waals surface area (Å²) in [4.78, 5) is 13.6. The molecule has 0 saturated carbocycles. The Morgan fingerprint density at radius 2 is 2.08 bits per heavy atom. The lowest BCUT2D eigenvalue weighted by molar-refractivity contribution is -0.138. The molecule has 1 aliphatic heterocycles. The Labute approximate surface area is 80.3 Å². The van der Waals surface area contributed by atoms with Gasteiger partial charge in [0.15, 0.2) is 0 Å². The maximum absolute atomic E-state index is 11.7. The molecule has 1 aliphatic rings. The first-order valence-electron chi connectivity index (χ1n) is 5.10. The molecule has 0 radical (unpaired) electrons. The molecule has 3 heteroatoms. The van der Waals surface area contributed by atoms with Crippen LogP contribution in [0.1, 0.15) is 33.6 Å². The molecule has 13 heavy (non-hydrogen) atoms. The van der Waals surface area contributed by atoms with Crippen LogP contribution >= 0.6 is 0 Å². The van der Waals surface area contributed by atoms with E-state index < -0.39 is 0 Å². The standard InChI is InChI=1S/C10H20N2O/c1-7(2)8(3)12-6-4-5-9(11)10(12)13/h7-9H,4-6,11H2,1-3H3. The molecular weight excluding hydrogens is 164 g/mol. The lowest BCUT2D eigenvalue weighted by atomic mass is 9.98. The highest BCUT2D eigenvalue weighted by atomic mass is 16.2. The molecule has 1 rings (SSSR count). The lowest BCUT2D eigenvalue weighted by Crippen LogP contribution is -2.53. The van der Waals surface area contributed by atoms with Gasteiger partial charge in [-0.15, -0.1) is 0 Å². The van der Waals surface area contributed by atoms with Crippen molar-refractivity contribution in [1.29, 1.82) is 0 Å². The maximum Gasteiger partial charge on any atom is 0.239 e. The number of carbonyl (C=O) groups is 1. The summed E-state index contributed by atoms with van der Waals surface area (Å²) >= 11 is 0. The van der Waals surface area contributed by atoms with Crippen molar-refractivity contribution >= 4 is 5.91 Å². The van der Waals surface area contributed by atoms with Crippen molar-refractivity contribution < 1.29 is 4.79 Å². The summed E-state index contributed by atoms with van der Waals surface area (Å²) in [6.45, 7) is 7.25. The quantitative estimate of drug-likeness (QED) is 0.695. The van der Waals surface area contributed by atoms with E-state index in [9.17, 15) is 4.79 Å². The number of nitrogens with two attached hydrogens (primary N) is 1. The molecule has 1 saturated heterocycles.